The van der Waals surface area contributed by atoms with Crippen LogP contribution in [0.4, 0.5) is 5.69 Å². The Morgan fingerprint density at radius 2 is 1.60 bits per heavy atom. The SMILES string of the molecule is CCN(CC)c1ccc(S(N)(=O)=O)cc1. The van der Waals surface area contributed by atoms with Gasteiger partial charge in [-0.1, -0.05) is 0 Å². The van der Waals surface area contributed by atoms with Crippen LogP contribution >= 0.6 is 0 Å². The molecule has 0 amide bonds. The highest BCUT2D eigenvalue weighted by atomic mass is 32.2. The molecule has 0 saturated heterocycles. The summed E-state index contributed by atoms with van der Waals surface area (Å²) in [6.45, 7) is 5.89. The molecule has 84 valence electrons. The fourth-order valence-corrected chi connectivity index (χ4v) is 1.95. The van der Waals surface area contributed by atoms with Gasteiger partial charge in [-0.15, -0.1) is 0 Å². The van der Waals surface area contributed by atoms with E-state index in [2.05, 4.69) is 18.7 Å². The van der Waals surface area contributed by atoms with Gasteiger partial charge in [0.2, 0.25) is 10.0 Å². The Morgan fingerprint density at radius 3 is 1.93 bits per heavy atom. The lowest BCUT2D eigenvalue weighted by Gasteiger charge is -2.20. The molecular weight excluding hydrogens is 212 g/mol. The maximum absolute atomic E-state index is 11.0. The Hall–Kier alpha value is -1.07. The van der Waals surface area contributed by atoms with Gasteiger partial charge in [0.15, 0.2) is 0 Å². The first-order valence-corrected chi connectivity index (χ1v) is 6.41. The first kappa shape index (κ1) is 12.0. The fraction of sp³-hybridized carbons (Fsp3) is 0.400. The summed E-state index contributed by atoms with van der Waals surface area (Å²) in [5, 5.41) is 5.01. The van der Waals surface area contributed by atoms with Crippen LogP contribution in [0.2, 0.25) is 0 Å². The molecule has 15 heavy (non-hydrogen) atoms. The molecule has 0 bridgehead atoms. The Kier molecular flexibility index (Phi) is 3.71. The van der Waals surface area contributed by atoms with Crippen LogP contribution in [0.25, 0.3) is 0 Å². The molecule has 0 heterocycles. The topological polar surface area (TPSA) is 63.4 Å². The molecule has 0 fully saturated rings. The van der Waals surface area contributed by atoms with Crippen LogP contribution in [-0.2, 0) is 10.0 Å². The molecule has 5 heteroatoms. The zero-order valence-corrected chi connectivity index (χ0v) is 9.79. The molecule has 0 spiro atoms. The monoisotopic (exact) mass is 228 g/mol. The van der Waals surface area contributed by atoms with Gasteiger partial charge in [0.05, 0.1) is 4.90 Å². The van der Waals surface area contributed by atoms with Crippen LogP contribution in [0.15, 0.2) is 29.2 Å². The number of benzene rings is 1. The Morgan fingerprint density at radius 1 is 1.13 bits per heavy atom. The van der Waals surface area contributed by atoms with Crippen molar-refractivity contribution in [3.8, 4) is 0 Å². The largest absolute Gasteiger partial charge is 0.372 e. The van der Waals surface area contributed by atoms with Gasteiger partial charge < -0.3 is 4.90 Å². The zero-order chi connectivity index (χ0) is 11.5. The van der Waals surface area contributed by atoms with Crippen LogP contribution in [0.1, 0.15) is 13.8 Å². The second kappa shape index (κ2) is 4.63. The van der Waals surface area contributed by atoms with Crippen LogP contribution < -0.4 is 10.0 Å². The van der Waals surface area contributed by atoms with Crippen LogP contribution in [0, 0.1) is 0 Å². The lowest BCUT2D eigenvalue weighted by Crippen LogP contribution is -2.21. The normalized spacial score (nSPS) is 11.4. The molecule has 1 rings (SSSR count). The standard InChI is InChI=1S/C10H16N2O2S/c1-3-12(4-2)9-5-7-10(8-6-9)15(11,13)14/h5-8H,3-4H2,1-2H3,(H2,11,13,14). The molecular formula is C10H16N2O2S. The molecule has 2 N–H and O–H groups in total. The maximum atomic E-state index is 11.0. The molecule has 1 aromatic carbocycles. The van der Waals surface area contributed by atoms with E-state index in [0.29, 0.717) is 0 Å². The highest BCUT2D eigenvalue weighted by Crippen LogP contribution is 2.16. The lowest BCUT2D eigenvalue weighted by atomic mass is 10.3. The first-order valence-electron chi connectivity index (χ1n) is 4.86. The zero-order valence-electron chi connectivity index (χ0n) is 8.97. The van der Waals surface area contributed by atoms with Crippen molar-refractivity contribution in [2.75, 3.05) is 18.0 Å². The van der Waals surface area contributed by atoms with Gasteiger partial charge in [-0.05, 0) is 38.1 Å². The van der Waals surface area contributed by atoms with Gasteiger partial charge in [0.25, 0.3) is 0 Å². The summed E-state index contributed by atoms with van der Waals surface area (Å²) in [5.41, 5.74) is 1.01. The third-order valence-corrected chi connectivity index (χ3v) is 3.22. The Labute approximate surface area is 90.8 Å². The smallest absolute Gasteiger partial charge is 0.238 e. The third kappa shape index (κ3) is 2.94. The van der Waals surface area contributed by atoms with Crippen molar-refractivity contribution in [2.24, 2.45) is 5.14 Å². The Bertz CT molecular complexity index is 408. The van der Waals surface area contributed by atoms with Gasteiger partial charge in [-0.25, -0.2) is 13.6 Å². The molecule has 1 aromatic rings. The first-order chi connectivity index (χ1) is 6.99. The minimum atomic E-state index is -3.58. The fourth-order valence-electron chi connectivity index (χ4n) is 1.44. The number of hydrogen-bond acceptors (Lipinski definition) is 3. The van der Waals surface area contributed by atoms with E-state index in [1.54, 1.807) is 12.1 Å². The second-order valence-corrected chi connectivity index (χ2v) is 4.77. The highest BCUT2D eigenvalue weighted by Gasteiger charge is 2.08. The number of nitrogens with zero attached hydrogens (tertiary/aromatic N) is 1. The minimum Gasteiger partial charge on any atom is -0.372 e. The van der Waals surface area contributed by atoms with Crippen molar-refractivity contribution in [2.45, 2.75) is 18.7 Å². The van der Waals surface area contributed by atoms with E-state index in [9.17, 15) is 8.42 Å². The van der Waals surface area contributed by atoms with Crippen molar-refractivity contribution in [3.63, 3.8) is 0 Å². The summed E-state index contributed by atoms with van der Waals surface area (Å²) < 4.78 is 22.0. The number of anilines is 1. The van der Waals surface area contributed by atoms with E-state index in [0.717, 1.165) is 18.8 Å². The van der Waals surface area contributed by atoms with Crippen molar-refractivity contribution in [1.29, 1.82) is 0 Å². The van der Waals surface area contributed by atoms with Crippen molar-refractivity contribution in [3.05, 3.63) is 24.3 Å². The highest BCUT2D eigenvalue weighted by molar-refractivity contribution is 7.89. The molecule has 0 aliphatic rings. The average Bonchev–Trinajstić information content (AvgIpc) is 2.19. The van der Waals surface area contributed by atoms with E-state index >= 15 is 0 Å². The number of primary sulfonamides is 1. The minimum absolute atomic E-state index is 0.151. The van der Waals surface area contributed by atoms with Crippen LogP contribution in [-0.4, -0.2) is 21.5 Å². The van der Waals surface area contributed by atoms with Gasteiger partial charge >= 0.3 is 0 Å². The summed E-state index contributed by atoms with van der Waals surface area (Å²) in [5.74, 6) is 0. The van der Waals surface area contributed by atoms with E-state index in [1.165, 1.54) is 12.1 Å². The van der Waals surface area contributed by atoms with Gasteiger partial charge in [-0.3, -0.25) is 0 Å². The van der Waals surface area contributed by atoms with Gasteiger partial charge in [0, 0.05) is 18.8 Å². The summed E-state index contributed by atoms with van der Waals surface area (Å²) in [6.07, 6.45) is 0. The molecule has 0 radical (unpaired) electrons. The quantitative estimate of drug-likeness (QED) is 0.841. The molecule has 0 unspecified atom stereocenters. The van der Waals surface area contributed by atoms with Gasteiger partial charge in [0.1, 0.15) is 0 Å². The average molecular weight is 228 g/mol. The molecule has 0 aromatic heterocycles. The summed E-state index contributed by atoms with van der Waals surface area (Å²) in [7, 11) is -3.58. The number of nitrogens with two attached hydrogens (primary N) is 1. The van der Waals surface area contributed by atoms with E-state index < -0.39 is 10.0 Å². The molecule has 0 aliphatic heterocycles. The molecule has 4 nitrogen and oxygen atoms in total. The van der Waals surface area contributed by atoms with Crippen molar-refractivity contribution in [1.82, 2.24) is 0 Å². The summed E-state index contributed by atoms with van der Waals surface area (Å²) in [4.78, 5) is 2.28. The number of sulfonamides is 1. The predicted octanol–water partition coefficient (Wildman–Crippen LogP) is 1.18. The van der Waals surface area contributed by atoms with Crippen molar-refractivity contribution < 1.29 is 8.42 Å². The number of rotatable bonds is 4. The number of hydrogen-bond donors (Lipinski definition) is 1. The summed E-state index contributed by atoms with van der Waals surface area (Å²) in [6, 6.07) is 6.60. The van der Waals surface area contributed by atoms with E-state index in [1.807, 2.05) is 0 Å². The van der Waals surface area contributed by atoms with E-state index in [-0.39, 0.29) is 4.90 Å². The molecule has 0 atom stereocenters. The van der Waals surface area contributed by atoms with E-state index in [4.69, 9.17) is 5.14 Å². The third-order valence-electron chi connectivity index (χ3n) is 2.29. The Balaban J connectivity index is 3.00. The lowest BCUT2D eigenvalue weighted by molar-refractivity contribution is 0.598. The van der Waals surface area contributed by atoms with Crippen LogP contribution in [0.3, 0.4) is 0 Å². The predicted molar refractivity (Wildman–Crippen MR) is 61.4 cm³/mol. The van der Waals surface area contributed by atoms with Crippen LogP contribution in [0.5, 0.6) is 0 Å². The molecule has 0 aliphatic carbocycles. The summed E-state index contributed by atoms with van der Waals surface area (Å²) >= 11 is 0. The van der Waals surface area contributed by atoms with Crippen molar-refractivity contribution >= 4 is 15.7 Å². The second-order valence-electron chi connectivity index (χ2n) is 3.21. The molecule has 0 saturated carbocycles. The maximum Gasteiger partial charge on any atom is 0.238 e. The van der Waals surface area contributed by atoms with Gasteiger partial charge in [-0.2, -0.15) is 0 Å².